The van der Waals surface area contributed by atoms with E-state index in [0.29, 0.717) is 12.8 Å². The molecule has 1 rings (SSSR count). The van der Waals surface area contributed by atoms with Crippen molar-refractivity contribution in [2.45, 2.75) is 50.9 Å². The molecule has 0 spiro atoms. The lowest BCUT2D eigenvalue weighted by atomic mass is 10.0. The molecule has 4 nitrogen and oxygen atoms in total. The van der Waals surface area contributed by atoms with Gasteiger partial charge in [0.15, 0.2) is 9.84 Å². The van der Waals surface area contributed by atoms with Crippen molar-refractivity contribution in [2.24, 2.45) is 0 Å². The summed E-state index contributed by atoms with van der Waals surface area (Å²) in [5.74, 6) is -1.12. The molecule has 1 aliphatic carbocycles. The summed E-state index contributed by atoms with van der Waals surface area (Å²) < 4.78 is 28.2. The SMILES string of the molecule is CC(C)(C)OC(=O)CS(=O)(=O)C1CCC1. The molecule has 0 aromatic rings. The van der Waals surface area contributed by atoms with Crippen molar-refractivity contribution in [3.05, 3.63) is 0 Å². The van der Waals surface area contributed by atoms with Crippen LogP contribution < -0.4 is 0 Å². The number of hydrogen-bond donors (Lipinski definition) is 0. The number of ether oxygens (including phenoxy) is 1. The van der Waals surface area contributed by atoms with Crippen LogP contribution in [0.1, 0.15) is 40.0 Å². The Hall–Kier alpha value is -0.580. The summed E-state index contributed by atoms with van der Waals surface area (Å²) >= 11 is 0. The minimum atomic E-state index is -3.27. The van der Waals surface area contributed by atoms with Gasteiger partial charge in [0.25, 0.3) is 0 Å². The predicted octanol–water partition coefficient (Wildman–Crippen LogP) is 1.30. The second-order valence-electron chi connectivity index (χ2n) is 4.95. The van der Waals surface area contributed by atoms with Crippen LogP contribution in [-0.2, 0) is 19.4 Å². The summed E-state index contributed by atoms with van der Waals surface area (Å²) in [5, 5.41) is -0.315. The number of hydrogen-bond acceptors (Lipinski definition) is 4. The van der Waals surface area contributed by atoms with Crippen molar-refractivity contribution in [1.82, 2.24) is 0 Å². The van der Waals surface area contributed by atoms with Crippen molar-refractivity contribution < 1.29 is 17.9 Å². The fourth-order valence-electron chi connectivity index (χ4n) is 1.38. The van der Waals surface area contributed by atoms with Gasteiger partial charge in [-0.05, 0) is 33.6 Å². The molecule has 0 amide bonds. The molecule has 0 unspecified atom stereocenters. The van der Waals surface area contributed by atoms with Gasteiger partial charge in [0.1, 0.15) is 11.4 Å². The molecule has 0 heterocycles. The molecular weight excluding hydrogens is 216 g/mol. The molecule has 0 N–H and O–H groups in total. The van der Waals surface area contributed by atoms with E-state index in [1.807, 2.05) is 0 Å². The third kappa shape index (κ3) is 3.81. The molecule has 0 bridgehead atoms. The summed E-state index contributed by atoms with van der Waals surface area (Å²) in [6.07, 6.45) is 2.31. The summed E-state index contributed by atoms with van der Waals surface area (Å²) in [6.45, 7) is 5.17. The number of rotatable bonds is 3. The Labute approximate surface area is 90.9 Å². The zero-order valence-electron chi connectivity index (χ0n) is 9.45. The highest BCUT2D eigenvalue weighted by atomic mass is 32.2. The van der Waals surface area contributed by atoms with Crippen molar-refractivity contribution in [3.63, 3.8) is 0 Å². The van der Waals surface area contributed by atoms with Gasteiger partial charge in [-0.1, -0.05) is 6.42 Å². The molecule has 15 heavy (non-hydrogen) atoms. The molecule has 1 fully saturated rings. The topological polar surface area (TPSA) is 60.4 Å². The van der Waals surface area contributed by atoms with E-state index in [-0.39, 0.29) is 5.25 Å². The number of sulfone groups is 1. The molecule has 0 aromatic carbocycles. The largest absolute Gasteiger partial charge is 0.459 e. The first-order valence-electron chi connectivity index (χ1n) is 5.14. The normalized spacial score (nSPS) is 18.3. The quantitative estimate of drug-likeness (QED) is 0.690. The molecule has 1 saturated carbocycles. The van der Waals surface area contributed by atoms with E-state index in [1.54, 1.807) is 20.8 Å². The Morgan fingerprint density at radius 3 is 2.20 bits per heavy atom. The first-order chi connectivity index (χ1) is 6.71. The maximum atomic E-state index is 11.6. The predicted molar refractivity (Wildman–Crippen MR) is 57.3 cm³/mol. The number of carbonyl (C=O) groups is 1. The smallest absolute Gasteiger partial charge is 0.321 e. The lowest BCUT2D eigenvalue weighted by molar-refractivity contribution is -0.151. The van der Waals surface area contributed by atoms with Crippen molar-refractivity contribution >= 4 is 15.8 Å². The maximum absolute atomic E-state index is 11.6. The second kappa shape index (κ2) is 4.12. The van der Waals surface area contributed by atoms with Crippen molar-refractivity contribution in [1.29, 1.82) is 0 Å². The van der Waals surface area contributed by atoms with Crippen molar-refractivity contribution in [3.8, 4) is 0 Å². The van der Waals surface area contributed by atoms with Crippen LogP contribution in [0, 0.1) is 0 Å². The minimum absolute atomic E-state index is 0.315. The van der Waals surface area contributed by atoms with E-state index in [1.165, 1.54) is 0 Å². The van der Waals surface area contributed by atoms with E-state index < -0.39 is 27.2 Å². The van der Waals surface area contributed by atoms with E-state index in [0.717, 1.165) is 6.42 Å². The van der Waals surface area contributed by atoms with Crippen LogP contribution in [0.5, 0.6) is 0 Å². The van der Waals surface area contributed by atoms with Crippen LogP contribution in [-0.4, -0.2) is 31.0 Å². The summed E-state index contributed by atoms with van der Waals surface area (Å²) in [7, 11) is -3.27. The second-order valence-corrected chi connectivity index (χ2v) is 7.23. The van der Waals surface area contributed by atoms with E-state index in [4.69, 9.17) is 4.74 Å². The molecular formula is C10H18O4S. The Balaban J connectivity index is 2.50. The molecule has 0 aliphatic heterocycles. The van der Waals surface area contributed by atoms with E-state index >= 15 is 0 Å². The fourth-order valence-corrected chi connectivity index (χ4v) is 3.06. The van der Waals surface area contributed by atoms with Gasteiger partial charge in [-0.25, -0.2) is 8.42 Å². The van der Waals surface area contributed by atoms with Gasteiger partial charge in [-0.3, -0.25) is 4.79 Å². The van der Waals surface area contributed by atoms with Gasteiger partial charge in [-0.15, -0.1) is 0 Å². The van der Waals surface area contributed by atoms with Crippen LogP contribution in [0.15, 0.2) is 0 Å². The summed E-state index contributed by atoms with van der Waals surface area (Å²) in [4.78, 5) is 11.3. The lowest BCUT2D eigenvalue weighted by Crippen LogP contribution is -2.36. The molecule has 0 radical (unpaired) electrons. The van der Waals surface area contributed by atoms with Crippen LogP contribution in [0.2, 0.25) is 0 Å². The molecule has 88 valence electrons. The van der Waals surface area contributed by atoms with E-state index in [9.17, 15) is 13.2 Å². The Morgan fingerprint density at radius 2 is 1.87 bits per heavy atom. The summed E-state index contributed by atoms with van der Waals surface area (Å²) in [6, 6.07) is 0. The maximum Gasteiger partial charge on any atom is 0.321 e. The van der Waals surface area contributed by atoms with E-state index in [2.05, 4.69) is 0 Å². The monoisotopic (exact) mass is 234 g/mol. The van der Waals surface area contributed by atoms with Crippen LogP contribution in [0.3, 0.4) is 0 Å². The highest BCUT2D eigenvalue weighted by molar-refractivity contribution is 7.92. The molecule has 5 heteroatoms. The minimum Gasteiger partial charge on any atom is -0.459 e. The molecule has 0 aromatic heterocycles. The molecule has 0 saturated heterocycles. The Kier molecular flexibility index (Phi) is 3.43. The van der Waals surface area contributed by atoms with Gasteiger partial charge in [0.2, 0.25) is 0 Å². The lowest BCUT2D eigenvalue weighted by Gasteiger charge is -2.25. The third-order valence-electron chi connectivity index (χ3n) is 2.30. The average Bonchev–Trinajstić information content (AvgIpc) is 1.71. The Morgan fingerprint density at radius 1 is 1.33 bits per heavy atom. The highest BCUT2D eigenvalue weighted by Gasteiger charge is 2.34. The van der Waals surface area contributed by atoms with Crippen LogP contribution >= 0.6 is 0 Å². The van der Waals surface area contributed by atoms with Crippen LogP contribution in [0.25, 0.3) is 0 Å². The standard InChI is InChI=1S/C10H18O4S/c1-10(2,3)14-9(11)7-15(12,13)8-5-4-6-8/h8H,4-7H2,1-3H3. The van der Waals surface area contributed by atoms with Gasteiger partial charge in [-0.2, -0.15) is 0 Å². The van der Waals surface area contributed by atoms with Crippen LogP contribution in [0.4, 0.5) is 0 Å². The number of carbonyl (C=O) groups excluding carboxylic acids is 1. The highest BCUT2D eigenvalue weighted by Crippen LogP contribution is 2.26. The first kappa shape index (κ1) is 12.5. The van der Waals surface area contributed by atoms with Gasteiger partial charge in [0, 0.05) is 0 Å². The van der Waals surface area contributed by atoms with Gasteiger partial charge in [0.05, 0.1) is 5.25 Å². The van der Waals surface area contributed by atoms with Gasteiger partial charge >= 0.3 is 5.97 Å². The number of esters is 1. The fraction of sp³-hybridized carbons (Fsp3) is 0.900. The molecule has 0 atom stereocenters. The van der Waals surface area contributed by atoms with Gasteiger partial charge < -0.3 is 4.74 Å². The average molecular weight is 234 g/mol. The third-order valence-corrected chi connectivity index (χ3v) is 4.42. The first-order valence-corrected chi connectivity index (χ1v) is 6.86. The zero-order chi connectivity index (χ0) is 11.7. The Bertz CT molecular complexity index is 333. The summed E-state index contributed by atoms with van der Waals surface area (Å²) in [5.41, 5.74) is -0.619. The van der Waals surface area contributed by atoms with Crippen molar-refractivity contribution in [2.75, 3.05) is 5.75 Å². The molecule has 1 aliphatic rings. The zero-order valence-corrected chi connectivity index (χ0v) is 10.3.